The van der Waals surface area contributed by atoms with Crippen LogP contribution < -0.4 is 5.32 Å². The number of carbonyl (C=O) groups excluding carboxylic acids is 1. The number of carbonyl (C=O) groups is 1. The van der Waals surface area contributed by atoms with Gasteiger partial charge < -0.3 is 24.6 Å². The minimum Gasteiger partial charge on any atom is -0.378 e. The Hall–Kier alpha value is -0.850. The van der Waals surface area contributed by atoms with E-state index < -0.39 is 0 Å². The summed E-state index contributed by atoms with van der Waals surface area (Å²) in [7, 11) is 0. The van der Waals surface area contributed by atoms with Crippen molar-refractivity contribution in [1.82, 2.24) is 15.1 Å². The third-order valence-corrected chi connectivity index (χ3v) is 3.72. The van der Waals surface area contributed by atoms with Crippen molar-refractivity contribution in [2.75, 3.05) is 52.5 Å². The SMILES string of the molecule is O=C(N1CCOCC1)N1CCO[C@@H]2CNC[C@@H]21. The zero-order chi connectivity index (χ0) is 11.7. The first-order valence-corrected chi connectivity index (χ1v) is 6.32. The third kappa shape index (κ3) is 2.12. The monoisotopic (exact) mass is 241 g/mol. The number of ether oxygens (including phenoxy) is 2. The fourth-order valence-electron chi connectivity index (χ4n) is 2.76. The van der Waals surface area contributed by atoms with E-state index in [1.165, 1.54) is 0 Å². The van der Waals surface area contributed by atoms with Gasteiger partial charge in [0.1, 0.15) is 0 Å². The molecule has 3 rings (SSSR count). The summed E-state index contributed by atoms with van der Waals surface area (Å²) in [6.45, 7) is 5.79. The van der Waals surface area contributed by atoms with Crippen molar-refractivity contribution < 1.29 is 14.3 Å². The van der Waals surface area contributed by atoms with Crippen LogP contribution in [0.25, 0.3) is 0 Å². The highest BCUT2D eigenvalue weighted by molar-refractivity contribution is 5.75. The first-order chi connectivity index (χ1) is 8.36. The van der Waals surface area contributed by atoms with Gasteiger partial charge in [-0.25, -0.2) is 4.79 Å². The van der Waals surface area contributed by atoms with Crippen LogP contribution in [0.1, 0.15) is 0 Å². The molecule has 0 aromatic carbocycles. The first kappa shape index (κ1) is 11.3. The highest BCUT2D eigenvalue weighted by Crippen LogP contribution is 2.19. The molecule has 0 unspecified atom stereocenters. The highest BCUT2D eigenvalue weighted by atomic mass is 16.5. The Balaban J connectivity index is 1.67. The lowest BCUT2D eigenvalue weighted by molar-refractivity contribution is -0.0401. The van der Waals surface area contributed by atoms with Crippen molar-refractivity contribution in [2.45, 2.75) is 12.1 Å². The molecule has 3 aliphatic heterocycles. The average Bonchev–Trinajstić information content (AvgIpc) is 2.87. The van der Waals surface area contributed by atoms with Crippen molar-refractivity contribution in [2.24, 2.45) is 0 Å². The van der Waals surface area contributed by atoms with Gasteiger partial charge in [-0.2, -0.15) is 0 Å². The Morgan fingerprint density at radius 3 is 2.76 bits per heavy atom. The van der Waals surface area contributed by atoms with Crippen LogP contribution in [0.3, 0.4) is 0 Å². The molecule has 3 fully saturated rings. The Labute approximate surface area is 101 Å². The van der Waals surface area contributed by atoms with Gasteiger partial charge in [-0.05, 0) is 0 Å². The number of hydrogen-bond acceptors (Lipinski definition) is 4. The fraction of sp³-hybridized carbons (Fsp3) is 0.909. The molecule has 2 atom stereocenters. The van der Waals surface area contributed by atoms with Crippen molar-refractivity contribution in [3.63, 3.8) is 0 Å². The van der Waals surface area contributed by atoms with Crippen LogP contribution in [0.4, 0.5) is 4.79 Å². The summed E-state index contributed by atoms with van der Waals surface area (Å²) < 4.78 is 10.9. The van der Waals surface area contributed by atoms with Crippen molar-refractivity contribution >= 4 is 6.03 Å². The maximum atomic E-state index is 12.4. The molecule has 0 saturated carbocycles. The molecule has 0 aliphatic carbocycles. The maximum absolute atomic E-state index is 12.4. The number of rotatable bonds is 0. The topological polar surface area (TPSA) is 54.0 Å². The predicted molar refractivity (Wildman–Crippen MR) is 60.9 cm³/mol. The van der Waals surface area contributed by atoms with E-state index in [2.05, 4.69) is 5.32 Å². The van der Waals surface area contributed by atoms with E-state index in [0.29, 0.717) is 39.5 Å². The molecule has 3 saturated heterocycles. The second-order valence-corrected chi connectivity index (χ2v) is 4.71. The smallest absolute Gasteiger partial charge is 0.320 e. The Morgan fingerprint density at radius 2 is 1.94 bits per heavy atom. The molecule has 0 bridgehead atoms. The number of amides is 2. The zero-order valence-corrected chi connectivity index (χ0v) is 9.93. The number of urea groups is 1. The van der Waals surface area contributed by atoms with E-state index in [1.54, 1.807) is 0 Å². The van der Waals surface area contributed by atoms with E-state index in [4.69, 9.17) is 9.47 Å². The standard InChI is InChI=1S/C11H19N3O3/c15-11(13-1-4-16-5-2-13)14-3-6-17-10-8-12-7-9(10)14/h9-10,12H,1-8H2/t9-,10+/m0/s1. The fourth-order valence-corrected chi connectivity index (χ4v) is 2.76. The lowest BCUT2D eigenvalue weighted by Crippen LogP contribution is -2.58. The molecule has 3 heterocycles. The maximum Gasteiger partial charge on any atom is 0.320 e. The van der Waals surface area contributed by atoms with Gasteiger partial charge in [0, 0.05) is 32.7 Å². The normalized spacial score (nSPS) is 33.6. The summed E-state index contributed by atoms with van der Waals surface area (Å²) in [6.07, 6.45) is 0.175. The summed E-state index contributed by atoms with van der Waals surface area (Å²) in [5.74, 6) is 0. The number of hydrogen-bond donors (Lipinski definition) is 1. The number of nitrogens with zero attached hydrogens (tertiary/aromatic N) is 2. The zero-order valence-electron chi connectivity index (χ0n) is 9.93. The third-order valence-electron chi connectivity index (χ3n) is 3.72. The van der Waals surface area contributed by atoms with Crippen molar-refractivity contribution in [3.8, 4) is 0 Å². The number of fused-ring (bicyclic) bond motifs is 1. The Morgan fingerprint density at radius 1 is 1.12 bits per heavy atom. The molecule has 3 aliphatic rings. The molecule has 6 nitrogen and oxygen atoms in total. The van der Waals surface area contributed by atoms with Gasteiger partial charge in [0.2, 0.25) is 0 Å². The summed E-state index contributed by atoms with van der Waals surface area (Å²) in [5, 5.41) is 3.29. The van der Waals surface area contributed by atoms with Crippen molar-refractivity contribution in [3.05, 3.63) is 0 Å². The molecule has 0 radical (unpaired) electrons. The van der Waals surface area contributed by atoms with Crippen LogP contribution in [-0.4, -0.2) is 80.5 Å². The number of morpholine rings is 2. The second kappa shape index (κ2) is 4.80. The largest absolute Gasteiger partial charge is 0.378 e. The molecule has 0 spiro atoms. The van der Waals surface area contributed by atoms with Gasteiger partial charge in [0.05, 0.1) is 32.0 Å². The molecule has 0 aromatic heterocycles. The van der Waals surface area contributed by atoms with Gasteiger partial charge in [-0.3, -0.25) is 0 Å². The summed E-state index contributed by atoms with van der Waals surface area (Å²) in [4.78, 5) is 16.3. The van der Waals surface area contributed by atoms with Crippen molar-refractivity contribution in [1.29, 1.82) is 0 Å². The quantitative estimate of drug-likeness (QED) is 0.598. The summed E-state index contributed by atoms with van der Waals surface area (Å²) in [5.41, 5.74) is 0. The molecule has 6 heteroatoms. The van der Waals surface area contributed by atoms with Crippen LogP contribution in [0.15, 0.2) is 0 Å². The van der Waals surface area contributed by atoms with E-state index in [9.17, 15) is 4.79 Å². The van der Waals surface area contributed by atoms with Crippen LogP contribution in [0, 0.1) is 0 Å². The molecule has 17 heavy (non-hydrogen) atoms. The minimum absolute atomic E-state index is 0.148. The molecular weight excluding hydrogens is 222 g/mol. The lowest BCUT2D eigenvalue weighted by Gasteiger charge is -2.40. The Kier molecular flexibility index (Phi) is 3.17. The lowest BCUT2D eigenvalue weighted by atomic mass is 10.1. The van der Waals surface area contributed by atoms with Crippen LogP contribution in [-0.2, 0) is 9.47 Å². The van der Waals surface area contributed by atoms with E-state index in [-0.39, 0.29) is 18.2 Å². The van der Waals surface area contributed by atoms with Gasteiger partial charge in [0.15, 0.2) is 0 Å². The van der Waals surface area contributed by atoms with Gasteiger partial charge in [-0.1, -0.05) is 0 Å². The first-order valence-electron chi connectivity index (χ1n) is 6.32. The van der Waals surface area contributed by atoms with Crippen LogP contribution in [0.5, 0.6) is 0 Å². The van der Waals surface area contributed by atoms with Gasteiger partial charge in [-0.15, -0.1) is 0 Å². The molecule has 2 amide bonds. The van der Waals surface area contributed by atoms with Gasteiger partial charge in [0.25, 0.3) is 0 Å². The van der Waals surface area contributed by atoms with Crippen LogP contribution >= 0.6 is 0 Å². The van der Waals surface area contributed by atoms with Gasteiger partial charge >= 0.3 is 6.03 Å². The average molecular weight is 241 g/mol. The highest BCUT2D eigenvalue weighted by Gasteiger charge is 2.39. The molecular formula is C11H19N3O3. The molecule has 1 N–H and O–H groups in total. The summed E-state index contributed by atoms with van der Waals surface area (Å²) >= 11 is 0. The minimum atomic E-state index is 0.148. The molecule has 96 valence electrons. The number of nitrogens with one attached hydrogen (secondary N) is 1. The molecule has 0 aromatic rings. The van der Waals surface area contributed by atoms with Crippen LogP contribution in [0.2, 0.25) is 0 Å². The van der Waals surface area contributed by atoms with E-state index in [1.807, 2.05) is 9.80 Å². The van der Waals surface area contributed by atoms with E-state index >= 15 is 0 Å². The van der Waals surface area contributed by atoms with E-state index in [0.717, 1.165) is 13.1 Å². The second-order valence-electron chi connectivity index (χ2n) is 4.71. The summed E-state index contributed by atoms with van der Waals surface area (Å²) in [6, 6.07) is 0.356. The Bertz CT molecular complexity index is 294. The predicted octanol–water partition coefficient (Wildman–Crippen LogP) is -0.889.